The number of rotatable bonds is 8. The van der Waals surface area contributed by atoms with Crippen LogP contribution in [0.1, 0.15) is 33.1 Å². The van der Waals surface area contributed by atoms with Crippen LogP contribution in [0.15, 0.2) is 0 Å². The van der Waals surface area contributed by atoms with E-state index in [1.165, 1.54) is 30.1 Å². The van der Waals surface area contributed by atoms with Gasteiger partial charge in [-0.3, -0.25) is 4.79 Å². The summed E-state index contributed by atoms with van der Waals surface area (Å²) in [6.07, 6.45) is 3.47. The summed E-state index contributed by atoms with van der Waals surface area (Å²) in [6, 6.07) is -0.0702. The average Bonchev–Trinajstić information content (AvgIpc) is 2.42. The standard InChI is InChI=1S/C13H26N2OS2/c1-3-4-5-6-14-13(16)11(2)15-9-12-10-17-7-8-18-12/h11-12,15H,3-10H2,1-2H3,(H,14,16). The second-order valence-corrected chi connectivity index (χ2v) is 7.25. The van der Waals surface area contributed by atoms with Crippen LogP contribution in [-0.4, -0.2) is 47.5 Å². The number of carbonyl (C=O) groups is 1. The molecular weight excluding hydrogens is 264 g/mol. The van der Waals surface area contributed by atoms with E-state index >= 15 is 0 Å². The van der Waals surface area contributed by atoms with Crippen molar-refractivity contribution in [1.82, 2.24) is 10.6 Å². The van der Waals surface area contributed by atoms with Crippen molar-refractivity contribution in [2.24, 2.45) is 0 Å². The Hall–Kier alpha value is 0.130. The number of hydrogen-bond acceptors (Lipinski definition) is 4. The highest BCUT2D eigenvalue weighted by Crippen LogP contribution is 2.23. The molecule has 0 saturated carbocycles. The Bertz CT molecular complexity index is 233. The number of thioether (sulfide) groups is 2. The summed E-state index contributed by atoms with van der Waals surface area (Å²) in [5.74, 6) is 3.87. The van der Waals surface area contributed by atoms with Gasteiger partial charge in [-0.15, -0.1) is 0 Å². The molecule has 2 unspecified atom stereocenters. The minimum Gasteiger partial charge on any atom is -0.355 e. The zero-order valence-corrected chi connectivity index (χ0v) is 13.2. The maximum absolute atomic E-state index is 11.8. The Morgan fingerprint density at radius 3 is 2.89 bits per heavy atom. The predicted octanol–water partition coefficient (Wildman–Crippen LogP) is 2.12. The SMILES string of the molecule is CCCCCNC(=O)C(C)NCC1CSCCS1. The average molecular weight is 290 g/mol. The van der Waals surface area contributed by atoms with Crippen molar-refractivity contribution >= 4 is 29.4 Å². The minimum atomic E-state index is -0.0702. The summed E-state index contributed by atoms with van der Waals surface area (Å²) in [7, 11) is 0. The van der Waals surface area contributed by atoms with E-state index in [9.17, 15) is 4.79 Å². The lowest BCUT2D eigenvalue weighted by molar-refractivity contribution is -0.122. The van der Waals surface area contributed by atoms with Crippen LogP contribution >= 0.6 is 23.5 Å². The van der Waals surface area contributed by atoms with Crippen molar-refractivity contribution in [3.63, 3.8) is 0 Å². The molecular formula is C13H26N2OS2. The van der Waals surface area contributed by atoms with Crippen LogP contribution in [0, 0.1) is 0 Å². The second kappa shape index (κ2) is 9.98. The number of nitrogens with one attached hydrogen (secondary N) is 2. The molecule has 0 aromatic carbocycles. The van der Waals surface area contributed by atoms with E-state index in [2.05, 4.69) is 17.6 Å². The van der Waals surface area contributed by atoms with Crippen LogP contribution in [0.2, 0.25) is 0 Å². The fraction of sp³-hybridized carbons (Fsp3) is 0.923. The Labute approximate surface area is 120 Å². The van der Waals surface area contributed by atoms with E-state index in [1.807, 2.05) is 30.4 Å². The van der Waals surface area contributed by atoms with E-state index < -0.39 is 0 Å². The molecule has 0 aliphatic carbocycles. The van der Waals surface area contributed by atoms with Crippen molar-refractivity contribution in [1.29, 1.82) is 0 Å². The summed E-state index contributed by atoms with van der Waals surface area (Å²) in [5.41, 5.74) is 0. The summed E-state index contributed by atoms with van der Waals surface area (Å²) in [5, 5.41) is 7.00. The lowest BCUT2D eigenvalue weighted by Crippen LogP contribution is -2.45. The van der Waals surface area contributed by atoms with Crippen LogP contribution in [-0.2, 0) is 4.79 Å². The van der Waals surface area contributed by atoms with E-state index in [0.717, 1.165) is 19.5 Å². The predicted molar refractivity (Wildman–Crippen MR) is 83.6 cm³/mol. The first-order chi connectivity index (χ1) is 8.74. The highest BCUT2D eigenvalue weighted by atomic mass is 32.2. The van der Waals surface area contributed by atoms with Gasteiger partial charge in [0.25, 0.3) is 0 Å². The fourth-order valence-corrected chi connectivity index (χ4v) is 4.42. The molecule has 3 nitrogen and oxygen atoms in total. The van der Waals surface area contributed by atoms with E-state index in [4.69, 9.17) is 0 Å². The highest BCUT2D eigenvalue weighted by molar-refractivity contribution is 8.06. The van der Waals surface area contributed by atoms with Gasteiger partial charge in [0.15, 0.2) is 0 Å². The minimum absolute atomic E-state index is 0.0702. The lowest BCUT2D eigenvalue weighted by Gasteiger charge is -2.23. The molecule has 1 amide bonds. The van der Waals surface area contributed by atoms with Crippen molar-refractivity contribution in [3.8, 4) is 0 Å². The quantitative estimate of drug-likeness (QED) is 0.672. The summed E-state index contributed by atoms with van der Waals surface area (Å²) < 4.78 is 0. The zero-order chi connectivity index (χ0) is 13.2. The third-order valence-corrected chi connectivity index (χ3v) is 5.85. The molecule has 1 rings (SSSR count). The van der Waals surface area contributed by atoms with Gasteiger partial charge in [-0.1, -0.05) is 19.8 Å². The van der Waals surface area contributed by atoms with Crippen molar-refractivity contribution < 1.29 is 4.79 Å². The van der Waals surface area contributed by atoms with Gasteiger partial charge in [0.05, 0.1) is 6.04 Å². The smallest absolute Gasteiger partial charge is 0.236 e. The maximum Gasteiger partial charge on any atom is 0.236 e. The monoisotopic (exact) mass is 290 g/mol. The molecule has 106 valence electrons. The molecule has 0 aromatic heterocycles. The normalized spacial score (nSPS) is 21.6. The molecule has 1 heterocycles. The first-order valence-corrected chi connectivity index (χ1v) is 9.14. The highest BCUT2D eigenvalue weighted by Gasteiger charge is 2.17. The maximum atomic E-state index is 11.8. The molecule has 0 spiro atoms. The Morgan fingerprint density at radius 2 is 2.22 bits per heavy atom. The molecule has 2 N–H and O–H groups in total. The molecule has 1 aliphatic rings. The van der Waals surface area contributed by atoms with Crippen molar-refractivity contribution in [2.75, 3.05) is 30.3 Å². The van der Waals surface area contributed by atoms with Crippen molar-refractivity contribution in [3.05, 3.63) is 0 Å². The second-order valence-electron chi connectivity index (χ2n) is 4.70. The van der Waals surface area contributed by atoms with Gasteiger partial charge in [0.2, 0.25) is 5.91 Å². The topological polar surface area (TPSA) is 41.1 Å². The fourth-order valence-electron chi connectivity index (χ4n) is 1.80. The van der Waals surface area contributed by atoms with Crippen LogP contribution in [0.25, 0.3) is 0 Å². The first kappa shape index (κ1) is 16.2. The number of carbonyl (C=O) groups excluding carboxylic acids is 1. The number of unbranched alkanes of at least 4 members (excludes halogenated alkanes) is 2. The molecule has 2 atom stereocenters. The van der Waals surface area contributed by atoms with Crippen LogP contribution in [0.3, 0.4) is 0 Å². The summed E-state index contributed by atoms with van der Waals surface area (Å²) >= 11 is 4.05. The summed E-state index contributed by atoms with van der Waals surface area (Å²) in [4.78, 5) is 11.8. The Kier molecular flexibility index (Phi) is 8.98. The van der Waals surface area contributed by atoms with Gasteiger partial charge in [0.1, 0.15) is 0 Å². The van der Waals surface area contributed by atoms with Crippen molar-refractivity contribution in [2.45, 2.75) is 44.4 Å². The number of amides is 1. The van der Waals surface area contributed by atoms with Gasteiger partial charge in [-0.25, -0.2) is 0 Å². The molecule has 0 radical (unpaired) electrons. The van der Waals surface area contributed by atoms with Crippen LogP contribution < -0.4 is 10.6 Å². The Morgan fingerprint density at radius 1 is 1.39 bits per heavy atom. The third kappa shape index (κ3) is 6.90. The van der Waals surface area contributed by atoms with Crippen LogP contribution in [0.5, 0.6) is 0 Å². The van der Waals surface area contributed by atoms with Gasteiger partial charge in [-0.2, -0.15) is 23.5 Å². The molecule has 5 heteroatoms. The van der Waals surface area contributed by atoms with Gasteiger partial charge < -0.3 is 10.6 Å². The van der Waals surface area contributed by atoms with E-state index in [1.54, 1.807) is 0 Å². The van der Waals surface area contributed by atoms with Crippen LogP contribution in [0.4, 0.5) is 0 Å². The molecule has 0 aromatic rings. The summed E-state index contributed by atoms with van der Waals surface area (Å²) in [6.45, 7) is 5.88. The molecule has 1 fully saturated rings. The molecule has 1 saturated heterocycles. The van der Waals surface area contributed by atoms with Gasteiger partial charge in [-0.05, 0) is 13.3 Å². The van der Waals surface area contributed by atoms with E-state index in [0.29, 0.717) is 5.25 Å². The zero-order valence-electron chi connectivity index (χ0n) is 11.5. The lowest BCUT2D eigenvalue weighted by atomic mass is 10.2. The first-order valence-electron chi connectivity index (χ1n) is 6.94. The largest absolute Gasteiger partial charge is 0.355 e. The van der Waals surface area contributed by atoms with Gasteiger partial charge in [0, 0.05) is 35.6 Å². The van der Waals surface area contributed by atoms with Gasteiger partial charge >= 0.3 is 0 Å². The molecule has 1 aliphatic heterocycles. The Balaban J connectivity index is 2.07. The number of hydrogen-bond donors (Lipinski definition) is 2. The molecule has 18 heavy (non-hydrogen) atoms. The molecule has 0 bridgehead atoms. The van der Waals surface area contributed by atoms with E-state index in [-0.39, 0.29) is 11.9 Å². The third-order valence-electron chi connectivity index (χ3n) is 3.01.